The molecule has 0 spiro atoms. The summed E-state index contributed by atoms with van der Waals surface area (Å²) in [5.74, 6) is 3.62. The highest BCUT2D eigenvalue weighted by Crippen LogP contribution is 2.50. The molecular formula is C18H24N4O3. The van der Waals surface area contributed by atoms with Crippen LogP contribution < -0.4 is 9.47 Å². The fraction of sp³-hybridized carbons (Fsp3) is 0.556. The van der Waals surface area contributed by atoms with E-state index in [1.807, 2.05) is 30.8 Å². The minimum atomic E-state index is -0.269. The number of aromatic nitrogens is 3. The van der Waals surface area contributed by atoms with Gasteiger partial charge in [0, 0.05) is 37.5 Å². The van der Waals surface area contributed by atoms with Gasteiger partial charge < -0.3 is 14.6 Å². The second-order valence-electron chi connectivity index (χ2n) is 7.13. The van der Waals surface area contributed by atoms with Crippen molar-refractivity contribution in [1.82, 2.24) is 19.7 Å². The smallest absolute Gasteiger partial charge is 0.147 e. The Hall–Kier alpha value is -2.12. The number of aryl methyl sites for hydroxylation is 2. The fourth-order valence-electron chi connectivity index (χ4n) is 4.14. The molecule has 0 saturated carbocycles. The summed E-state index contributed by atoms with van der Waals surface area (Å²) in [4.78, 5) is 6.85. The van der Waals surface area contributed by atoms with Crippen LogP contribution in [0.15, 0.2) is 18.2 Å². The van der Waals surface area contributed by atoms with E-state index in [1.54, 1.807) is 7.11 Å². The van der Waals surface area contributed by atoms with Gasteiger partial charge in [0.2, 0.25) is 0 Å². The number of hydrogen-bond donors (Lipinski definition) is 1. The number of likely N-dealkylation sites (tertiary alicyclic amines) is 1. The summed E-state index contributed by atoms with van der Waals surface area (Å²) in [5, 5.41) is 14.5. The molecule has 7 nitrogen and oxygen atoms in total. The highest BCUT2D eigenvalue weighted by atomic mass is 16.5. The molecule has 2 aliphatic rings. The van der Waals surface area contributed by atoms with Gasteiger partial charge in [-0.05, 0) is 18.6 Å². The van der Waals surface area contributed by atoms with Crippen molar-refractivity contribution in [2.75, 3.05) is 33.4 Å². The molecule has 7 heteroatoms. The van der Waals surface area contributed by atoms with Crippen molar-refractivity contribution in [2.45, 2.75) is 19.4 Å². The molecule has 2 aromatic rings. The third kappa shape index (κ3) is 2.67. The Labute approximate surface area is 147 Å². The molecule has 0 radical (unpaired) electrons. The number of fused-ring (bicyclic) bond motifs is 3. The van der Waals surface area contributed by atoms with Gasteiger partial charge in [0.25, 0.3) is 0 Å². The van der Waals surface area contributed by atoms with Gasteiger partial charge >= 0.3 is 0 Å². The number of benzene rings is 1. The Bertz CT molecular complexity index is 791. The summed E-state index contributed by atoms with van der Waals surface area (Å²) >= 11 is 0. The Morgan fingerprint density at radius 2 is 2.28 bits per heavy atom. The number of ether oxygens (including phenoxy) is 2. The van der Waals surface area contributed by atoms with Crippen LogP contribution in [0.5, 0.6) is 11.5 Å². The van der Waals surface area contributed by atoms with E-state index in [0.717, 1.165) is 48.3 Å². The average molecular weight is 344 g/mol. The molecule has 0 amide bonds. The largest absolute Gasteiger partial charge is 0.497 e. The van der Waals surface area contributed by atoms with Crippen molar-refractivity contribution in [3.8, 4) is 11.5 Å². The van der Waals surface area contributed by atoms with E-state index in [1.165, 1.54) is 0 Å². The second-order valence-corrected chi connectivity index (χ2v) is 7.13. The molecule has 1 aromatic carbocycles. The van der Waals surface area contributed by atoms with Crippen LogP contribution in [-0.2, 0) is 13.6 Å². The zero-order valence-corrected chi connectivity index (χ0v) is 14.9. The normalized spacial score (nSPS) is 25.4. The maximum atomic E-state index is 10.2. The Morgan fingerprint density at radius 3 is 2.96 bits per heavy atom. The molecular weight excluding hydrogens is 320 g/mol. The summed E-state index contributed by atoms with van der Waals surface area (Å²) in [6.45, 7) is 4.90. The summed E-state index contributed by atoms with van der Waals surface area (Å²) in [6.07, 6.45) is 0. The molecule has 1 fully saturated rings. The van der Waals surface area contributed by atoms with Gasteiger partial charge in [0.1, 0.15) is 23.1 Å². The number of hydrogen-bond acceptors (Lipinski definition) is 6. The molecule has 134 valence electrons. The predicted octanol–water partition coefficient (Wildman–Crippen LogP) is 1.10. The maximum absolute atomic E-state index is 10.2. The Balaban J connectivity index is 1.62. The first-order chi connectivity index (χ1) is 12.0. The van der Waals surface area contributed by atoms with E-state index < -0.39 is 0 Å². The van der Waals surface area contributed by atoms with Crippen LogP contribution >= 0.6 is 0 Å². The maximum Gasteiger partial charge on any atom is 0.147 e. The van der Waals surface area contributed by atoms with Crippen molar-refractivity contribution < 1.29 is 14.6 Å². The minimum absolute atomic E-state index is 0.109. The molecule has 4 rings (SSSR count). The lowest BCUT2D eigenvalue weighted by Crippen LogP contribution is -2.42. The van der Waals surface area contributed by atoms with Crippen LogP contribution in [0.2, 0.25) is 0 Å². The van der Waals surface area contributed by atoms with E-state index in [9.17, 15) is 5.11 Å². The third-order valence-corrected chi connectivity index (χ3v) is 5.47. The van der Waals surface area contributed by atoms with Crippen LogP contribution in [0.1, 0.15) is 23.1 Å². The Morgan fingerprint density at radius 1 is 1.44 bits per heavy atom. The van der Waals surface area contributed by atoms with Gasteiger partial charge in [-0.15, -0.1) is 0 Å². The number of methoxy groups -OCH3 is 1. The molecule has 2 aliphatic heterocycles. The molecule has 0 aliphatic carbocycles. The van der Waals surface area contributed by atoms with E-state index in [4.69, 9.17) is 9.47 Å². The van der Waals surface area contributed by atoms with Crippen LogP contribution in [-0.4, -0.2) is 58.2 Å². The topological polar surface area (TPSA) is 72.6 Å². The summed E-state index contributed by atoms with van der Waals surface area (Å²) in [5.41, 5.74) is 0.882. The monoisotopic (exact) mass is 344 g/mol. The number of rotatable bonds is 4. The first kappa shape index (κ1) is 16.4. The van der Waals surface area contributed by atoms with E-state index >= 15 is 0 Å². The van der Waals surface area contributed by atoms with Crippen molar-refractivity contribution in [1.29, 1.82) is 0 Å². The molecule has 0 unspecified atom stereocenters. The van der Waals surface area contributed by atoms with E-state index in [-0.39, 0.29) is 17.9 Å². The third-order valence-electron chi connectivity index (χ3n) is 5.47. The molecule has 1 aromatic heterocycles. The summed E-state index contributed by atoms with van der Waals surface area (Å²) in [6, 6.07) is 5.97. The Kier molecular flexibility index (Phi) is 3.92. The zero-order valence-electron chi connectivity index (χ0n) is 14.9. The van der Waals surface area contributed by atoms with Crippen LogP contribution in [0.4, 0.5) is 0 Å². The number of aliphatic hydroxyl groups is 1. The van der Waals surface area contributed by atoms with Crippen molar-refractivity contribution in [3.05, 3.63) is 35.4 Å². The van der Waals surface area contributed by atoms with E-state index in [2.05, 4.69) is 21.0 Å². The first-order valence-electron chi connectivity index (χ1n) is 8.55. The lowest BCUT2D eigenvalue weighted by Gasteiger charge is -2.38. The molecule has 3 heterocycles. The highest BCUT2D eigenvalue weighted by Gasteiger charge is 2.51. The highest BCUT2D eigenvalue weighted by molar-refractivity contribution is 5.46. The van der Waals surface area contributed by atoms with Crippen LogP contribution in [0, 0.1) is 12.3 Å². The zero-order chi connectivity index (χ0) is 17.6. The van der Waals surface area contributed by atoms with Crippen molar-refractivity contribution in [3.63, 3.8) is 0 Å². The molecule has 1 N–H and O–H groups in total. The number of aliphatic hydroxyl groups excluding tert-OH is 1. The molecule has 0 bridgehead atoms. The molecule has 25 heavy (non-hydrogen) atoms. The first-order valence-corrected chi connectivity index (χ1v) is 8.55. The van der Waals surface area contributed by atoms with Gasteiger partial charge in [-0.2, -0.15) is 5.10 Å². The molecule has 1 saturated heterocycles. The number of nitrogens with zero attached hydrogens (tertiary/aromatic N) is 4. The van der Waals surface area contributed by atoms with Gasteiger partial charge in [-0.1, -0.05) is 6.07 Å². The standard InChI is InChI=1S/C18H24N4O3/c1-12-19-17(21(2)20-12)8-22-7-15-14-5-4-13(24-3)6-16(14)25-11-18(15,9-22)10-23/h4-6,15,23H,7-11H2,1-3H3/t15-,18-/m1/s1. The quantitative estimate of drug-likeness (QED) is 0.896. The lowest BCUT2D eigenvalue weighted by molar-refractivity contribution is 0.0454. The van der Waals surface area contributed by atoms with Crippen molar-refractivity contribution in [2.24, 2.45) is 12.5 Å². The lowest BCUT2D eigenvalue weighted by atomic mass is 9.74. The van der Waals surface area contributed by atoms with Gasteiger partial charge in [-0.25, -0.2) is 4.98 Å². The van der Waals surface area contributed by atoms with Gasteiger partial charge in [0.15, 0.2) is 0 Å². The van der Waals surface area contributed by atoms with Crippen LogP contribution in [0.25, 0.3) is 0 Å². The second kappa shape index (κ2) is 6.00. The fourth-order valence-corrected chi connectivity index (χ4v) is 4.14. The van der Waals surface area contributed by atoms with Crippen molar-refractivity contribution >= 4 is 0 Å². The van der Waals surface area contributed by atoms with Gasteiger partial charge in [-0.3, -0.25) is 9.58 Å². The van der Waals surface area contributed by atoms with Gasteiger partial charge in [0.05, 0.1) is 26.9 Å². The SMILES string of the molecule is COc1ccc2c(c1)OC[C@]1(CO)CN(Cc3nc(C)nn3C)C[C@H]21. The minimum Gasteiger partial charge on any atom is -0.497 e. The predicted molar refractivity (Wildman–Crippen MR) is 91.8 cm³/mol. The summed E-state index contributed by atoms with van der Waals surface area (Å²) < 4.78 is 13.1. The van der Waals surface area contributed by atoms with E-state index in [0.29, 0.717) is 6.61 Å². The summed E-state index contributed by atoms with van der Waals surface area (Å²) in [7, 11) is 3.58. The average Bonchev–Trinajstić information content (AvgIpc) is 3.14. The van der Waals surface area contributed by atoms with Crippen LogP contribution in [0.3, 0.4) is 0 Å². The molecule has 2 atom stereocenters.